The molecule has 0 unspecified atom stereocenters. The predicted molar refractivity (Wildman–Crippen MR) is 116 cm³/mol. The van der Waals surface area contributed by atoms with Crippen molar-refractivity contribution in [3.05, 3.63) is 73.6 Å². The van der Waals surface area contributed by atoms with Crippen molar-refractivity contribution in [1.82, 2.24) is 4.90 Å². The van der Waals surface area contributed by atoms with E-state index in [4.69, 9.17) is 12.2 Å². The first kappa shape index (κ1) is 20.2. The molecule has 0 aliphatic carbocycles. The number of benzene rings is 2. The fourth-order valence-electron chi connectivity index (χ4n) is 2.39. The fraction of sp³-hybridized carbons (Fsp3) is 0.0556. The molecule has 0 spiro atoms. The van der Waals surface area contributed by atoms with Gasteiger partial charge in [-0.2, -0.15) is 0 Å². The number of carbonyl (C=O) groups is 2. The van der Waals surface area contributed by atoms with Crippen LogP contribution in [0.5, 0.6) is 0 Å². The molecule has 2 amide bonds. The van der Waals surface area contributed by atoms with Crippen LogP contribution in [0.1, 0.15) is 5.56 Å². The Balaban J connectivity index is 1.66. The van der Waals surface area contributed by atoms with Crippen molar-refractivity contribution in [1.29, 1.82) is 0 Å². The molecule has 1 fully saturated rings. The molecule has 0 radical (unpaired) electrons. The first-order valence-corrected chi connectivity index (χ1v) is 9.90. The number of hydrogen-bond donors (Lipinski definition) is 1. The van der Waals surface area contributed by atoms with Gasteiger partial charge in [0.05, 0.1) is 9.83 Å². The lowest BCUT2D eigenvalue weighted by Gasteiger charge is -2.14. The largest absolute Gasteiger partial charge is 0.325 e. The molecule has 3 rings (SSSR count). The third kappa shape index (κ3) is 4.83. The van der Waals surface area contributed by atoms with Gasteiger partial charge in [0.1, 0.15) is 10.9 Å². The van der Waals surface area contributed by atoms with Gasteiger partial charge in [0, 0.05) is 22.3 Å². The van der Waals surface area contributed by atoms with Crippen molar-refractivity contribution in [3.8, 4) is 0 Å². The summed E-state index contributed by atoms with van der Waals surface area (Å²) >= 11 is 9.74. The molecule has 2 aromatic carbocycles. The van der Waals surface area contributed by atoms with Crippen molar-refractivity contribution in [3.63, 3.8) is 0 Å². The maximum absolute atomic E-state index is 12.6. The second-order valence-electron chi connectivity index (χ2n) is 5.68. The highest BCUT2D eigenvalue weighted by Crippen LogP contribution is 2.32. The number of rotatable bonds is 5. The molecule has 1 aliphatic heterocycles. The molecule has 0 bridgehead atoms. The first-order valence-electron chi connectivity index (χ1n) is 7.89. The summed E-state index contributed by atoms with van der Waals surface area (Å²) in [4.78, 5) is 36.7. The standard InChI is InChI=1S/C18H12BrN3O4S2/c19-12-3-1-2-11(8-12)9-15-17(24)21(18(27)28-15)10-16(23)20-13-4-6-14(7-5-13)22(25)26/h1-9H,10H2,(H,20,23)/b15-9-. The van der Waals surface area contributed by atoms with Gasteiger partial charge in [-0.25, -0.2) is 0 Å². The average molecular weight is 478 g/mol. The fourth-order valence-corrected chi connectivity index (χ4v) is 4.07. The van der Waals surface area contributed by atoms with Crippen LogP contribution in [0.4, 0.5) is 11.4 Å². The van der Waals surface area contributed by atoms with E-state index < -0.39 is 10.8 Å². The minimum Gasteiger partial charge on any atom is -0.325 e. The summed E-state index contributed by atoms with van der Waals surface area (Å²) in [6.07, 6.45) is 1.72. The second kappa shape index (κ2) is 8.63. The van der Waals surface area contributed by atoms with E-state index in [1.54, 1.807) is 6.08 Å². The Morgan fingerprint density at radius 2 is 2.00 bits per heavy atom. The van der Waals surface area contributed by atoms with Crippen LogP contribution in [0.2, 0.25) is 0 Å². The summed E-state index contributed by atoms with van der Waals surface area (Å²) < 4.78 is 1.18. The third-order valence-electron chi connectivity index (χ3n) is 3.68. The number of nitrogens with zero attached hydrogens (tertiary/aromatic N) is 2. The quantitative estimate of drug-likeness (QED) is 0.300. The molecule has 142 valence electrons. The van der Waals surface area contributed by atoms with Crippen LogP contribution in [0.25, 0.3) is 6.08 Å². The van der Waals surface area contributed by atoms with Crippen LogP contribution in [-0.4, -0.2) is 32.5 Å². The molecule has 0 atom stereocenters. The van der Waals surface area contributed by atoms with E-state index in [0.717, 1.165) is 21.8 Å². The van der Waals surface area contributed by atoms with E-state index in [1.807, 2.05) is 24.3 Å². The topological polar surface area (TPSA) is 92.6 Å². The molecule has 1 heterocycles. The van der Waals surface area contributed by atoms with Crippen LogP contribution >= 0.6 is 39.9 Å². The van der Waals surface area contributed by atoms with Gasteiger partial charge in [-0.15, -0.1) is 0 Å². The molecule has 2 aromatic rings. The van der Waals surface area contributed by atoms with Crippen molar-refractivity contribution < 1.29 is 14.5 Å². The highest BCUT2D eigenvalue weighted by Gasteiger charge is 2.33. The van der Waals surface area contributed by atoms with E-state index >= 15 is 0 Å². The molecule has 1 aliphatic rings. The van der Waals surface area contributed by atoms with E-state index in [2.05, 4.69) is 21.2 Å². The van der Waals surface area contributed by atoms with Crippen LogP contribution in [0.15, 0.2) is 57.9 Å². The monoisotopic (exact) mass is 477 g/mol. The van der Waals surface area contributed by atoms with Crippen molar-refractivity contribution in [2.24, 2.45) is 0 Å². The zero-order chi connectivity index (χ0) is 20.3. The molecule has 7 nitrogen and oxygen atoms in total. The Labute approximate surface area is 178 Å². The van der Waals surface area contributed by atoms with Crippen molar-refractivity contribution in [2.75, 3.05) is 11.9 Å². The normalized spacial score (nSPS) is 15.2. The van der Waals surface area contributed by atoms with Crippen LogP contribution in [0.3, 0.4) is 0 Å². The summed E-state index contributed by atoms with van der Waals surface area (Å²) in [5.74, 6) is -0.789. The van der Waals surface area contributed by atoms with Gasteiger partial charge in [0.15, 0.2) is 0 Å². The van der Waals surface area contributed by atoms with Gasteiger partial charge in [0.25, 0.3) is 11.6 Å². The number of hydrogen-bond acceptors (Lipinski definition) is 6. The molecule has 1 saturated heterocycles. The summed E-state index contributed by atoms with van der Waals surface area (Å²) in [6.45, 7) is -0.239. The highest BCUT2D eigenvalue weighted by atomic mass is 79.9. The molecule has 28 heavy (non-hydrogen) atoms. The van der Waals surface area contributed by atoms with Gasteiger partial charge >= 0.3 is 0 Å². The Hall–Kier alpha value is -2.56. The second-order valence-corrected chi connectivity index (χ2v) is 8.27. The van der Waals surface area contributed by atoms with Gasteiger partial charge in [-0.3, -0.25) is 24.6 Å². The number of nitro groups is 1. The SMILES string of the molecule is O=C(CN1C(=O)/C(=C/c2cccc(Br)c2)SC1=S)Nc1ccc([N+](=O)[O-])cc1. The third-order valence-corrected chi connectivity index (χ3v) is 5.55. The van der Waals surface area contributed by atoms with E-state index in [9.17, 15) is 19.7 Å². The number of thiocarbonyl (C=S) groups is 1. The first-order chi connectivity index (χ1) is 13.3. The molecule has 10 heteroatoms. The van der Waals surface area contributed by atoms with Gasteiger partial charge in [-0.1, -0.05) is 52.0 Å². The van der Waals surface area contributed by atoms with Crippen molar-refractivity contribution in [2.45, 2.75) is 0 Å². The maximum Gasteiger partial charge on any atom is 0.269 e. The molecular weight excluding hydrogens is 466 g/mol. The summed E-state index contributed by atoms with van der Waals surface area (Å²) in [6, 6.07) is 12.9. The number of carbonyl (C=O) groups excluding carboxylic acids is 2. The predicted octanol–water partition coefficient (Wildman–Crippen LogP) is 4.20. The Kier molecular flexibility index (Phi) is 6.22. The Morgan fingerprint density at radius 3 is 2.64 bits per heavy atom. The van der Waals surface area contributed by atoms with E-state index in [0.29, 0.717) is 14.9 Å². The van der Waals surface area contributed by atoms with Crippen LogP contribution in [-0.2, 0) is 9.59 Å². The number of nitro benzene ring substituents is 1. The lowest BCUT2D eigenvalue weighted by atomic mass is 10.2. The number of anilines is 1. The van der Waals surface area contributed by atoms with Gasteiger partial charge < -0.3 is 5.32 Å². The molecule has 0 aromatic heterocycles. The zero-order valence-electron chi connectivity index (χ0n) is 14.1. The smallest absolute Gasteiger partial charge is 0.269 e. The summed E-state index contributed by atoms with van der Waals surface area (Å²) in [5.41, 5.74) is 1.16. The van der Waals surface area contributed by atoms with E-state index in [-0.39, 0.29) is 18.1 Å². The van der Waals surface area contributed by atoms with Crippen LogP contribution in [0, 0.1) is 10.1 Å². The maximum atomic E-state index is 12.6. The number of nitrogens with one attached hydrogen (secondary N) is 1. The minimum absolute atomic E-state index is 0.0763. The number of non-ortho nitro benzene ring substituents is 1. The Morgan fingerprint density at radius 1 is 1.29 bits per heavy atom. The lowest BCUT2D eigenvalue weighted by Crippen LogP contribution is -2.36. The minimum atomic E-state index is -0.525. The van der Waals surface area contributed by atoms with Gasteiger partial charge in [-0.05, 0) is 35.9 Å². The summed E-state index contributed by atoms with van der Waals surface area (Å²) in [5, 5.41) is 13.3. The van der Waals surface area contributed by atoms with Crippen LogP contribution < -0.4 is 5.32 Å². The van der Waals surface area contributed by atoms with Crippen molar-refractivity contribution >= 4 is 73.5 Å². The average Bonchev–Trinajstić information content (AvgIpc) is 2.89. The van der Waals surface area contributed by atoms with E-state index in [1.165, 1.54) is 29.2 Å². The molecule has 1 N–H and O–H groups in total. The molecular formula is C18H12BrN3O4S2. The number of thioether (sulfide) groups is 1. The summed E-state index contributed by atoms with van der Waals surface area (Å²) in [7, 11) is 0. The zero-order valence-corrected chi connectivity index (χ0v) is 17.3. The number of halogens is 1. The van der Waals surface area contributed by atoms with Gasteiger partial charge in [0.2, 0.25) is 5.91 Å². The highest BCUT2D eigenvalue weighted by molar-refractivity contribution is 9.10. The molecule has 0 saturated carbocycles. The number of amides is 2. The lowest BCUT2D eigenvalue weighted by molar-refractivity contribution is -0.384. The Bertz CT molecular complexity index is 1010.